The summed E-state index contributed by atoms with van der Waals surface area (Å²) in [7, 11) is 0. The Balaban J connectivity index is 2.14. The maximum absolute atomic E-state index is 3.33. The topological polar surface area (TPSA) is 12.0 Å². The highest BCUT2D eigenvalue weighted by Crippen LogP contribution is 2.12. The minimum absolute atomic E-state index is 1.07. The molecule has 0 fully saturated rings. The van der Waals surface area contributed by atoms with Crippen LogP contribution < -0.4 is 5.32 Å². The smallest absolute Gasteiger partial charge is 0.00143 e. The fourth-order valence-electron chi connectivity index (χ4n) is 1.48. The molecule has 0 amide bonds. The quantitative estimate of drug-likeness (QED) is 0.550. The van der Waals surface area contributed by atoms with Gasteiger partial charge < -0.3 is 5.32 Å². The minimum atomic E-state index is 1.07. The first-order valence-corrected chi connectivity index (χ1v) is 6.64. The molecular formula is C13H21NS. The lowest BCUT2D eigenvalue weighted by Crippen LogP contribution is -2.13. The van der Waals surface area contributed by atoms with Crippen LogP contribution in [0.25, 0.3) is 0 Å². The van der Waals surface area contributed by atoms with E-state index in [0.717, 1.165) is 19.5 Å². The Kier molecular flexibility index (Phi) is 6.37. The third kappa shape index (κ3) is 5.75. The molecule has 1 aromatic heterocycles. The average molecular weight is 223 g/mol. The Morgan fingerprint density at radius 2 is 2.40 bits per heavy atom. The van der Waals surface area contributed by atoms with Crippen molar-refractivity contribution in [3.63, 3.8) is 0 Å². The van der Waals surface area contributed by atoms with Gasteiger partial charge in [-0.3, -0.25) is 0 Å². The van der Waals surface area contributed by atoms with E-state index in [1.165, 1.54) is 24.0 Å². The van der Waals surface area contributed by atoms with Crippen LogP contribution in [0.1, 0.15) is 32.3 Å². The average Bonchev–Trinajstić information content (AvgIpc) is 2.74. The first-order chi connectivity index (χ1) is 7.33. The summed E-state index contributed by atoms with van der Waals surface area (Å²) in [4.78, 5) is 0. The van der Waals surface area contributed by atoms with Crippen LogP contribution in [0.5, 0.6) is 0 Å². The molecule has 1 nitrogen and oxygen atoms in total. The highest BCUT2D eigenvalue weighted by molar-refractivity contribution is 7.07. The van der Waals surface area contributed by atoms with Crippen LogP contribution in [0.4, 0.5) is 0 Å². The van der Waals surface area contributed by atoms with E-state index >= 15 is 0 Å². The Labute approximate surface area is 97.2 Å². The molecule has 1 aromatic rings. The molecule has 0 aliphatic heterocycles. The normalized spacial score (nSPS) is 12.0. The van der Waals surface area contributed by atoms with Crippen molar-refractivity contribution in [1.82, 2.24) is 5.32 Å². The Morgan fingerprint density at radius 1 is 1.53 bits per heavy atom. The van der Waals surface area contributed by atoms with Gasteiger partial charge in [0.2, 0.25) is 0 Å². The van der Waals surface area contributed by atoms with Gasteiger partial charge in [-0.2, -0.15) is 11.3 Å². The van der Waals surface area contributed by atoms with Crippen LogP contribution in [0, 0.1) is 0 Å². The zero-order valence-electron chi connectivity index (χ0n) is 9.75. The second kappa shape index (κ2) is 7.66. The van der Waals surface area contributed by atoms with Gasteiger partial charge in [-0.1, -0.05) is 18.6 Å². The molecule has 0 bridgehead atoms. The summed E-state index contributed by atoms with van der Waals surface area (Å²) in [6.07, 6.45) is 5.90. The van der Waals surface area contributed by atoms with Crippen molar-refractivity contribution in [1.29, 1.82) is 0 Å². The summed E-state index contributed by atoms with van der Waals surface area (Å²) in [5.74, 6) is 0. The van der Waals surface area contributed by atoms with Crippen LogP contribution in [0.15, 0.2) is 28.5 Å². The van der Waals surface area contributed by atoms with E-state index in [1.807, 2.05) is 0 Å². The van der Waals surface area contributed by atoms with E-state index in [2.05, 4.69) is 42.1 Å². The summed E-state index contributed by atoms with van der Waals surface area (Å²) in [5.41, 5.74) is 2.98. The van der Waals surface area contributed by atoms with Gasteiger partial charge in [0.15, 0.2) is 0 Å². The number of hydrogen-bond acceptors (Lipinski definition) is 2. The van der Waals surface area contributed by atoms with E-state index in [1.54, 1.807) is 11.3 Å². The van der Waals surface area contributed by atoms with Gasteiger partial charge in [0.05, 0.1) is 0 Å². The van der Waals surface area contributed by atoms with Crippen molar-refractivity contribution < 1.29 is 0 Å². The number of aryl methyl sites for hydroxylation is 1. The molecule has 1 heterocycles. The van der Waals surface area contributed by atoms with E-state index in [9.17, 15) is 0 Å². The molecule has 1 rings (SSSR count). The van der Waals surface area contributed by atoms with Gasteiger partial charge in [0.25, 0.3) is 0 Å². The summed E-state index contributed by atoms with van der Waals surface area (Å²) in [6, 6.07) is 2.22. The molecule has 0 spiro atoms. The largest absolute Gasteiger partial charge is 0.317 e. The van der Waals surface area contributed by atoms with Crippen LogP contribution in [-0.4, -0.2) is 13.1 Å². The fourth-order valence-corrected chi connectivity index (χ4v) is 2.18. The molecule has 0 radical (unpaired) electrons. The Morgan fingerprint density at radius 3 is 3.07 bits per heavy atom. The molecule has 0 aliphatic carbocycles. The van der Waals surface area contributed by atoms with Crippen molar-refractivity contribution in [2.75, 3.05) is 13.1 Å². The van der Waals surface area contributed by atoms with Crippen LogP contribution in [0.3, 0.4) is 0 Å². The maximum atomic E-state index is 3.33. The Hall–Kier alpha value is -0.600. The molecular weight excluding hydrogens is 202 g/mol. The van der Waals surface area contributed by atoms with Crippen molar-refractivity contribution in [2.24, 2.45) is 0 Å². The lowest BCUT2D eigenvalue weighted by atomic mass is 10.1. The number of thiophene rings is 1. The van der Waals surface area contributed by atoms with Crippen molar-refractivity contribution in [3.05, 3.63) is 34.0 Å². The summed E-state index contributed by atoms with van der Waals surface area (Å²) < 4.78 is 0. The van der Waals surface area contributed by atoms with E-state index in [4.69, 9.17) is 0 Å². The minimum Gasteiger partial charge on any atom is -0.317 e. The SMILES string of the molecule is CCNCCC=C(C)CCc1ccsc1. The molecule has 0 saturated heterocycles. The molecule has 0 aliphatic rings. The highest BCUT2D eigenvalue weighted by atomic mass is 32.1. The van der Waals surface area contributed by atoms with Gasteiger partial charge >= 0.3 is 0 Å². The molecule has 1 N–H and O–H groups in total. The zero-order chi connectivity index (χ0) is 10.9. The zero-order valence-corrected chi connectivity index (χ0v) is 10.6. The second-order valence-corrected chi connectivity index (χ2v) is 4.60. The van der Waals surface area contributed by atoms with Gasteiger partial charge in [-0.25, -0.2) is 0 Å². The van der Waals surface area contributed by atoms with E-state index in [0.29, 0.717) is 0 Å². The molecule has 0 atom stereocenters. The monoisotopic (exact) mass is 223 g/mol. The summed E-state index contributed by atoms with van der Waals surface area (Å²) in [5, 5.41) is 7.72. The number of hydrogen-bond donors (Lipinski definition) is 1. The number of rotatable bonds is 7. The van der Waals surface area contributed by atoms with E-state index < -0.39 is 0 Å². The summed E-state index contributed by atoms with van der Waals surface area (Å²) in [6.45, 7) is 6.56. The fraction of sp³-hybridized carbons (Fsp3) is 0.538. The Bertz CT molecular complexity index is 275. The van der Waals surface area contributed by atoms with Crippen LogP contribution in [-0.2, 0) is 6.42 Å². The predicted molar refractivity (Wildman–Crippen MR) is 69.6 cm³/mol. The lowest BCUT2D eigenvalue weighted by molar-refractivity contribution is 0.723. The number of nitrogens with one attached hydrogen (secondary N) is 1. The van der Waals surface area contributed by atoms with Gasteiger partial charge in [-0.05, 0) is 61.7 Å². The molecule has 0 aromatic carbocycles. The predicted octanol–water partition coefficient (Wildman–Crippen LogP) is 3.63. The third-order valence-corrected chi connectivity index (χ3v) is 3.18. The second-order valence-electron chi connectivity index (χ2n) is 3.82. The highest BCUT2D eigenvalue weighted by Gasteiger charge is 1.94. The van der Waals surface area contributed by atoms with E-state index in [-0.39, 0.29) is 0 Å². The van der Waals surface area contributed by atoms with Crippen LogP contribution in [0.2, 0.25) is 0 Å². The van der Waals surface area contributed by atoms with Crippen molar-refractivity contribution in [2.45, 2.75) is 33.1 Å². The van der Waals surface area contributed by atoms with Gasteiger partial charge in [0, 0.05) is 0 Å². The maximum Gasteiger partial charge on any atom is -0.00143 e. The molecule has 15 heavy (non-hydrogen) atoms. The van der Waals surface area contributed by atoms with Gasteiger partial charge in [-0.15, -0.1) is 0 Å². The summed E-state index contributed by atoms with van der Waals surface area (Å²) >= 11 is 1.79. The van der Waals surface area contributed by atoms with Crippen LogP contribution >= 0.6 is 11.3 Å². The molecule has 0 saturated carbocycles. The molecule has 0 unspecified atom stereocenters. The number of allylic oxidation sites excluding steroid dienone is 1. The van der Waals surface area contributed by atoms with Gasteiger partial charge in [0.1, 0.15) is 0 Å². The first-order valence-electron chi connectivity index (χ1n) is 5.70. The standard InChI is InChI=1S/C13H21NS/c1-3-14-9-4-5-12(2)6-7-13-8-10-15-11-13/h5,8,10-11,14H,3-4,6-7,9H2,1-2H3. The molecule has 84 valence electrons. The molecule has 2 heteroatoms. The first kappa shape index (κ1) is 12.5. The van der Waals surface area contributed by atoms with Crippen molar-refractivity contribution in [3.8, 4) is 0 Å². The third-order valence-electron chi connectivity index (χ3n) is 2.45. The van der Waals surface area contributed by atoms with Crippen molar-refractivity contribution >= 4 is 11.3 Å². The lowest BCUT2D eigenvalue weighted by Gasteiger charge is -2.01.